The molecule has 0 aliphatic carbocycles. The molecule has 0 unspecified atom stereocenters. The summed E-state index contributed by atoms with van der Waals surface area (Å²) in [6.45, 7) is 3.77. The van der Waals surface area contributed by atoms with Crippen molar-refractivity contribution in [2.24, 2.45) is 0 Å². The Hall–Kier alpha value is -1.23. The summed E-state index contributed by atoms with van der Waals surface area (Å²) in [5.41, 5.74) is 2.69. The van der Waals surface area contributed by atoms with Crippen LogP contribution in [0.1, 0.15) is 5.56 Å². The first-order valence-electron chi connectivity index (χ1n) is 4.06. The van der Waals surface area contributed by atoms with Crippen molar-refractivity contribution < 1.29 is 18.9 Å². The van der Waals surface area contributed by atoms with Gasteiger partial charge in [-0.05, 0) is 12.1 Å². The van der Waals surface area contributed by atoms with E-state index in [4.69, 9.17) is 0 Å². The fraction of sp³-hybridized carbons (Fsp3) is 0. The molecule has 0 aliphatic heterocycles. The monoisotopic (exact) mass is 176 g/mol. The fourth-order valence-electron chi connectivity index (χ4n) is 1.09. The first-order chi connectivity index (χ1) is 6.36. The van der Waals surface area contributed by atoms with Crippen molar-refractivity contribution in [3.05, 3.63) is 55.2 Å². The minimum absolute atomic E-state index is 0. The third-order valence-corrected chi connectivity index (χ3v) is 1.75. The van der Waals surface area contributed by atoms with E-state index in [2.05, 4.69) is 16.9 Å². The van der Waals surface area contributed by atoms with Gasteiger partial charge in [0.05, 0.1) is 11.4 Å². The summed E-state index contributed by atoms with van der Waals surface area (Å²) in [6.07, 6.45) is 3.50. The molecule has 2 rings (SSSR count). The molecule has 0 aromatic carbocycles. The molecule has 0 saturated heterocycles. The maximum Gasteiger partial charge on any atom is 1.00 e. The van der Waals surface area contributed by atoms with E-state index in [-0.39, 0.29) is 18.9 Å². The van der Waals surface area contributed by atoms with Gasteiger partial charge in [0.25, 0.3) is 0 Å². The molecule has 3 heteroatoms. The van der Waals surface area contributed by atoms with Crippen molar-refractivity contribution in [1.82, 2.24) is 9.97 Å². The fourth-order valence-corrected chi connectivity index (χ4v) is 1.09. The predicted octanol–water partition coefficient (Wildman–Crippen LogP) is -0.670. The normalized spacial score (nSPS) is 9.14. The largest absolute Gasteiger partial charge is 1.00 e. The van der Waals surface area contributed by atoms with Crippen LogP contribution in [0.25, 0.3) is 11.4 Å². The van der Waals surface area contributed by atoms with Gasteiger partial charge in [-0.1, -0.05) is 18.3 Å². The van der Waals surface area contributed by atoms with Gasteiger partial charge in [-0.25, -0.2) is 0 Å². The van der Waals surface area contributed by atoms with Gasteiger partial charge in [-0.15, -0.1) is 0 Å². The molecule has 2 heterocycles. The van der Waals surface area contributed by atoms with Gasteiger partial charge in [-0.3, -0.25) is 4.98 Å². The van der Waals surface area contributed by atoms with Gasteiger partial charge in [0.2, 0.25) is 0 Å². The molecular weight excluding hydrogens is 167 g/mol. The van der Waals surface area contributed by atoms with E-state index in [9.17, 15) is 0 Å². The minimum atomic E-state index is 0. The van der Waals surface area contributed by atoms with E-state index in [1.807, 2.05) is 30.3 Å². The Morgan fingerprint density at radius 2 is 1.71 bits per heavy atom. The molecule has 0 radical (unpaired) electrons. The van der Waals surface area contributed by atoms with Crippen molar-refractivity contribution in [3.8, 4) is 11.4 Å². The van der Waals surface area contributed by atoms with Crippen LogP contribution in [0, 0.1) is 6.92 Å². The topological polar surface area (TPSA) is 25.8 Å². The molecule has 2 aromatic heterocycles. The molecule has 0 saturated carbocycles. The van der Waals surface area contributed by atoms with Crippen LogP contribution in [0.3, 0.4) is 0 Å². The Labute approximate surface area is 95.6 Å². The second kappa shape index (κ2) is 4.85. The van der Waals surface area contributed by atoms with Crippen LogP contribution in [0.2, 0.25) is 0 Å². The zero-order valence-electron chi connectivity index (χ0n) is 8.14. The molecule has 0 bridgehead atoms. The van der Waals surface area contributed by atoms with E-state index in [1.165, 1.54) is 0 Å². The summed E-state index contributed by atoms with van der Waals surface area (Å²) in [7, 11) is 0. The summed E-state index contributed by atoms with van der Waals surface area (Å²) < 4.78 is 0. The standard InChI is InChI=1S/C11H9N2.Li/c1-9-5-6-11(13-8-9)10-4-2-3-7-12-10;/h2-8H,1H2;/q-1;+1. The molecule has 64 valence electrons. The first-order valence-corrected chi connectivity index (χ1v) is 4.06. The average Bonchev–Trinajstić information content (AvgIpc) is 2.20. The second-order valence-corrected chi connectivity index (χ2v) is 2.77. The summed E-state index contributed by atoms with van der Waals surface area (Å²) in [6, 6.07) is 9.62. The molecule has 2 aromatic rings. The smallest absolute Gasteiger partial charge is 0.319 e. The van der Waals surface area contributed by atoms with Crippen molar-refractivity contribution in [2.45, 2.75) is 0 Å². The second-order valence-electron chi connectivity index (χ2n) is 2.77. The number of hydrogen-bond donors (Lipinski definition) is 0. The Bertz CT molecular complexity index is 384. The molecule has 0 amide bonds. The summed E-state index contributed by atoms with van der Waals surface area (Å²) >= 11 is 0. The van der Waals surface area contributed by atoms with Crippen molar-refractivity contribution in [2.75, 3.05) is 0 Å². The Morgan fingerprint density at radius 1 is 0.929 bits per heavy atom. The van der Waals surface area contributed by atoms with Crippen molar-refractivity contribution >= 4 is 0 Å². The van der Waals surface area contributed by atoms with Crippen LogP contribution in [0.15, 0.2) is 42.7 Å². The van der Waals surface area contributed by atoms with Gasteiger partial charge in [0.1, 0.15) is 0 Å². The van der Waals surface area contributed by atoms with Crippen LogP contribution >= 0.6 is 0 Å². The Morgan fingerprint density at radius 3 is 2.29 bits per heavy atom. The van der Waals surface area contributed by atoms with Gasteiger partial charge in [-0.2, -0.15) is 18.6 Å². The van der Waals surface area contributed by atoms with E-state index < -0.39 is 0 Å². The summed E-state index contributed by atoms with van der Waals surface area (Å²) in [5, 5.41) is 0. The maximum atomic E-state index is 4.22. The molecule has 14 heavy (non-hydrogen) atoms. The molecule has 0 atom stereocenters. The zero-order chi connectivity index (χ0) is 9.10. The third-order valence-electron chi connectivity index (χ3n) is 1.75. The van der Waals surface area contributed by atoms with E-state index >= 15 is 0 Å². The van der Waals surface area contributed by atoms with E-state index in [1.54, 1.807) is 12.4 Å². The number of aromatic nitrogens is 2. The van der Waals surface area contributed by atoms with Gasteiger partial charge in [0.15, 0.2) is 0 Å². The van der Waals surface area contributed by atoms with Crippen molar-refractivity contribution in [1.29, 1.82) is 0 Å². The summed E-state index contributed by atoms with van der Waals surface area (Å²) in [5.74, 6) is 0. The SMILES string of the molecule is [CH2-]c1ccc(-c2ccccn2)nc1.[Li+]. The van der Waals surface area contributed by atoms with E-state index in [0.717, 1.165) is 17.0 Å². The minimum Gasteiger partial charge on any atom is -0.319 e. The van der Waals surface area contributed by atoms with Crippen LogP contribution in [-0.4, -0.2) is 9.97 Å². The number of hydrogen-bond acceptors (Lipinski definition) is 2. The first kappa shape index (κ1) is 10.8. The van der Waals surface area contributed by atoms with Crippen LogP contribution in [0.4, 0.5) is 0 Å². The van der Waals surface area contributed by atoms with Gasteiger partial charge in [0, 0.05) is 6.20 Å². The van der Waals surface area contributed by atoms with Crippen LogP contribution < -0.4 is 18.9 Å². The van der Waals surface area contributed by atoms with E-state index in [0.29, 0.717) is 0 Å². The average molecular weight is 176 g/mol. The van der Waals surface area contributed by atoms with Crippen LogP contribution in [-0.2, 0) is 0 Å². The van der Waals surface area contributed by atoms with Gasteiger partial charge < -0.3 is 4.98 Å². The molecule has 2 nitrogen and oxygen atoms in total. The molecule has 0 N–H and O–H groups in total. The summed E-state index contributed by atoms with van der Waals surface area (Å²) in [4.78, 5) is 8.42. The Kier molecular flexibility index (Phi) is 3.76. The molecule has 0 spiro atoms. The number of rotatable bonds is 1. The third kappa shape index (κ3) is 2.38. The van der Waals surface area contributed by atoms with Crippen LogP contribution in [0.5, 0.6) is 0 Å². The zero-order valence-corrected chi connectivity index (χ0v) is 8.14. The Balaban J connectivity index is 0.000000980. The quantitative estimate of drug-likeness (QED) is 0.425. The van der Waals surface area contributed by atoms with Crippen molar-refractivity contribution in [3.63, 3.8) is 0 Å². The molecule has 0 fully saturated rings. The number of nitrogens with zero attached hydrogens (tertiary/aromatic N) is 2. The predicted molar refractivity (Wildman–Crippen MR) is 51.9 cm³/mol. The molecular formula is C11H9LiN2. The number of pyridine rings is 2. The van der Waals surface area contributed by atoms with Gasteiger partial charge >= 0.3 is 18.9 Å². The maximum absolute atomic E-state index is 4.22. The molecule has 0 aliphatic rings.